The minimum Gasteiger partial charge on any atom is -0.366 e. The lowest BCUT2D eigenvalue weighted by Gasteiger charge is -2.37. The molecule has 6 nitrogen and oxygen atoms in total. The van der Waals surface area contributed by atoms with E-state index in [1.807, 2.05) is 22.9 Å². The Hall–Kier alpha value is -2.57. The third-order valence-electron chi connectivity index (χ3n) is 4.20. The second-order valence-corrected chi connectivity index (χ2v) is 5.70. The lowest BCUT2D eigenvalue weighted by atomic mass is 10.2. The standard InChI is InChI=1S/C17H23FN6/c1-19-17(21-7-9-22-8-6-20-14-22)24-12-10-23(11-13-24)16-5-3-2-4-15(16)18/h2-6,8,14H,7,9-13H2,1H3,(H,19,21). The molecule has 2 heterocycles. The predicted molar refractivity (Wildman–Crippen MR) is 93.8 cm³/mol. The molecule has 0 atom stereocenters. The van der Waals surface area contributed by atoms with E-state index in [0.717, 1.165) is 45.2 Å². The summed E-state index contributed by atoms with van der Waals surface area (Å²) >= 11 is 0. The van der Waals surface area contributed by atoms with Gasteiger partial charge in [-0.25, -0.2) is 9.37 Å². The molecule has 0 unspecified atom stereocenters. The number of benzene rings is 1. The van der Waals surface area contributed by atoms with Gasteiger partial charge in [-0.15, -0.1) is 0 Å². The predicted octanol–water partition coefficient (Wildman–Crippen LogP) is 1.42. The molecule has 1 aromatic heterocycles. The molecule has 1 fully saturated rings. The van der Waals surface area contributed by atoms with Gasteiger partial charge in [-0.1, -0.05) is 12.1 Å². The number of nitrogens with one attached hydrogen (secondary N) is 1. The number of halogens is 1. The van der Waals surface area contributed by atoms with Gasteiger partial charge < -0.3 is 19.7 Å². The quantitative estimate of drug-likeness (QED) is 0.680. The first-order valence-corrected chi connectivity index (χ1v) is 8.19. The summed E-state index contributed by atoms with van der Waals surface area (Å²) in [4.78, 5) is 12.7. The van der Waals surface area contributed by atoms with Crippen molar-refractivity contribution in [2.45, 2.75) is 6.54 Å². The Bertz CT molecular complexity index is 661. The van der Waals surface area contributed by atoms with Crippen LogP contribution in [-0.2, 0) is 6.54 Å². The Balaban J connectivity index is 1.50. The summed E-state index contributed by atoms with van der Waals surface area (Å²) < 4.78 is 15.9. The molecule has 0 bridgehead atoms. The highest BCUT2D eigenvalue weighted by Crippen LogP contribution is 2.20. The Morgan fingerprint density at radius 3 is 2.71 bits per heavy atom. The van der Waals surface area contributed by atoms with Crippen LogP contribution in [0.25, 0.3) is 0 Å². The fourth-order valence-corrected chi connectivity index (χ4v) is 2.92. The Labute approximate surface area is 141 Å². The number of para-hydroxylation sites is 1. The zero-order valence-corrected chi connectivity index (χ0v) is 13.9. The van der Waals surface area contributed by atoms with Crippen molar-refractivity contribution in [1.29, 1.82) is 0 Å². The van der Waals surface area contributed by atoms with E-state index in [4.69, 9.17) is 0 Å². The summed E-state index contributed by atoms with van der Waals surface area (Å²) in [5.74, 6) is 0.733. The van der Waals surface area contributed by atoms with Gasteiger partial charge in [0.1, 0.15) is 5.82 Å². The average molecular weight is 330 g/mol. The number of hydrogen-bond acceptors (Lipinski definition) is 3. The van der Waals surface area contributed by atoms with E-state index < -0.39 is 0 Å². The van der Waals surface area contributed by atoms with Crippen LogP contribution in [0.1, 0.15) is 0 Å². The van der Waals surface area contributed by atoms with Crippen LogP contribution in [-0.4, -0.2) is 60.2 Å². The molecule has 1 aliphatic heterocycles. The normalized spacial score (nSPS) is 15.7. The summed E-state index contributed by atoms with van der Waals surface area (Å²) in [5.41, 5.74) is 0.681. The van der Waals surface area contributed by atoms with Crippen molar-refractivity contribution in [3.05, 3.63) is 48.8 Å². The number of hydrogen-bond donors (Lipinski definition) is 1. The van der Waals surface area contributed by atoms with Gasteiger partial charge in [-0.2, -0.15) is 0 Å². The van der Waals surface area contributed by atoms with Crippen molar-refractivity contribution < 1.29 is 4.39 Å². The van der Waals surface area contributed by atoms with Crippen molar-refractivity contribution in [2.75, 3.05) is 44.7 Å². The number of guanidine groups is 1. The highest BCUT2D eigenvalue weighted by atomic mass is 19.1. The van der Waals surface area contributed by atoms with Crippen LogP contribution < -0.4 is 10.2 Å². The molecule has 24 heavy (non-hydrogen) atoms. The maximum Gasteiger partial charge on any atom is 0.193 e. The Morgan fingerprint density at radius 1 is 1.25 bits per heavy atom. The molecule has 2 aromatic rings. The molecule has 0 spiro atoms. The third-order valence-corrected chi connectivity index (χ3v) is 4.20. The smallest absolute Gasteiger partial charge is 0.193 e. The molecule has 128 valence electrons. The molecular formula is C17H23FN6. The van der Waals surface area contributed by atoms with Crippen LogP contribution in [0, 0.1) is 5.82 Å². The number of anilines is 1. The number of aromatic nitrogens is 2. The van der Waals surface area contributed by atoms with Gasteiger partial charge in [0.05, 0.1) is 12.0 Å². The van der Waals surface area contributed by atoms with E-state index in [1.54, 1.807) is 25.6 Å². The maximum absolute atomic E-state index is 13.9. The average Bonchev–Trinajstić information content (AvgIpc) is 3.13. The molecule has 0 aliphatic carbocycles. The van der Waals surface area contributed by atoms with E-state index in [-0.39, 0.29) is 5.82 Å². The van der Waals surface area contributed by atoms with Gasteiger partial charge in [0.25, 0.3) is 0 Å². The Morgan fingerprint density at radius 2 is 2.04 bits per heavy atom. The molecule has 3 rings (SSSR count). The fraction of sp³-hybridized carbons (Fsp3) is 0.412. The second kappa shape index (κ2) is 7.81. The summed E-state index contributed by atoms with van der Waals surface area (Å²) in [6.07, 6.45) is 5.52. The minimum atomic E-state index is -0.159. The molecule has 7 heteroatoms. The van der Waals surface area contributed by atoms with Crippen LogP contribution in [0.15, 0.2) is 48.0 Å². The summed E-state index contributed by atoms with van der Waals surface area (Å²) in [5, 5.41) is 3.38. The molecule has 0 amide bonds. The number of rotatable bonds is 4. The van der Waals surface area contributed by atoms with Crippen LogP contribution in [0.5, 0.6) is 0 Å². The zero-order chi connectivity index (χ0) is 16.8. The van der Waals surface area contributed by atoms with E-state index >= 15 is 0 Å². The van der Waals surface area contributed by atoms with Crippen molar-refractivity contribution in [3.63, 3.8) is 0 Å². The van der Waals surface area contributed by atoms with Crippen LogP contribution >= 0.6 is 0 Å². The summed E-state index contributed by atoms with van der Waals surface area (Å²) in [7, 11) is 1.79. The third kappa shape index (κ3) is 3.84. The Kier molecular flexibility index (Phi) is 5.30. The molecular weight excluding hydrogens is 307 g/mol. The number of aliphatic imine (C=N–C) groups is 1. The van der Waals surface area contributed by atoms with E-state index in [1.165, 1.54) is 6.07 Å². The molecule has 1 aliphatic rings. The van der Waals surface area contributed by atoms with Crippen LogP contribution in [0.4, 0.5) is 10.1 Å². The van der Waals surface area contributed by atoms with Crippen LogP contribution in [0.2, 0.25) is 0 Å². The van der Waals surface area contributed by atoms with E-state index in [2.05, 4.69) is 25.1 Å². The minimum absolute atomic E-state index is 0.159. The van der Waals surface area contributed by atoms with Gasteiger partial charge in [0, 0.05) is 58.7 Å². The van der Waals surface area contributed by atoms with Gasteiger partial charge >= 0.3 is 0 Å². The lowest BCUT2D eigenvalue weighted by molar-refractivity contribution is 0.370. The first kappa shape index (κ1) is 16.3. The SMILES string of the molecule is CN=C(NCCn1ccnc1)N1CCN(c2ccccc2F)CC1. The topological polar surface area (TPSA) is 48.7 Å². The maximum atomic E-state index is 13.9. The highest BCUT2D eigenvalue weighted by Gasteiger charge is 2.21. The second-order valence-electron chi connectivity index (χ2n) is 5.70. The molecule has 0 saturated carbocycles. The van der Waals surface area contributed by atoms with Gasteiger partial charge in [0.15, 0.2) is 5.96 Å². The lowest BCUT2D eigenvalue weighted by Crippen LogP contribution is -2.53. The molecule has 0 radical (unpaired) electrons. The fourth-order valence-electron chi connectivity index (χ4n) is 2.92. The zero-order valence-electron chi connectivity index (χ0n) is 13.9. The highest BCUT2D eigenvalue weighted by molar-refractivity contribution is 5.80. The van der Waals surface area contributed by atoms with Gasteiger partial charge in [-0.3, -0.25) is 4.99 Å². The van der Waals surface area contributed by atoms with Gasteiger partial charge in [-0.05, 0) is 12.1 Å². The van der Waals surface area contributed by atoms with Crippen molar-refractivity contribution in [1.82, 2.24) is 19.8 Å². The van der Waals surface area contributed by atoms with Gasteiger partial charge in [0.2, 0.25) is 0 Å². The monoisotopic (exact) mass is 330 g/mol. The van der Waals surface area contributed by atoms with Crippen molar-refractivity contribution in [3.8, 4) is 0 Å². The molecule has 1 aromatic carbocycles. The van der Waals surface area contributed by atoms with Crippen molar-refractivity contribution >= 4 is 11.6 Å². The van der Waals surface area contributed by atoms with Crippen LogP contribution in [0.3, 0.4) is 0 Å². The first-order valence-electron chi connectivity index (χ1n) is 8.19. The van der Waals surface area contributed by atoms with E-state index in [9.17, 15) is 4.39 Å². The number of imidazole rings is 1. The number of nitrogens with zero attached hydrogens (tertiary/aromatic N) is 5. The molecule has 1 saturated heterocycles. The summed E-state index contributed by atoms with van der Waals surface area (Å²) in [6.45, 7) is 4.83. The summed E-state index contributed by atoms with van der Waals surface area (Å²) in [6, 6.07) is 6.95. The molecule has 1 N–H and O–H groups in total. The number of piperazine rings is 1. The first-order chi connectivity index (χ1) is 11.8. The largest absolute Gasteiger partial charge is 0.366 e. The van der Waals surface area contributed by atoms with Crippen molar-refractivity contribution in [2.24, 2.45) is 4.99 Å². The van der Waals surface area contributed by atoms with E-state index in [0.29, 0.717) is 5.69 Å².